The minimum atomic E-state index is -0.448. The van der Waals surface area contributed by atoms with E-state index in [1.807, 2.05) is 0 Å². The minimum absolute atomic E-state index is 0.281. The van der Waals surface area contributed by atoms with Crippen molar-refractivity contribution in [1.82, 2.24) is 0 Å². The second-order valence-electron chi connectivity index (χ2n) is 4.33. The number of halogens is 3. The summed E-state index contributed by atoms with van der Waals surface area (Å²) < 4.78 is 26.8. The van der Waals surface area contributed by atoms with Crippen molar-refractivity contribution in [3.8, 4) is 0 Å². The summed E-state index contributed by atoms with van der Waals surface area (Å²) in [5.41, 5.74) is 7.90. The quantitative estimate of drug-likeness (QED) is 0.833. The van der Waals surface area contributed by atoms with Crippen molar-refractivity contribution >= 4 is 28.7 Å². The Balaban J connectivity index is 2.52. The lowest BCUT2D eigenvalue weighted by Crippen LogP contribution is -2.12. The summed E-state index contributed by atoms with van der Waals surface area (Å²) in [7, 11) is 1.70. The standard InChI is InChI=1S/C14H13ClF2N2/c1-8-13(18)6-11(17)7-14(8)19(2)12-4-9(15)3-10(16)5-12/h3-7H,18H2,1-2H3. The fourth-order valence-corrected chi connectivity index (χ4v) is 2.12. The van der Waals surface area contributed by atoms with Crippen LogP contribution in [-0.2, 0) is 0 Å². The molecule has 0 heterocycles. The zero-order valence-corrected chi connectivity index (χ0v) is 11.3. The van der Waals surface area contributed by atoms with Gasteiger partial charge in [-0.15, -0.1) is 0 Å². The number of nitrogens with two attached hydrogens (primary N) is 1. The molecule has 0 radical (unpaired) electrons. The number of benzene rings is 2. The Bertz CT molecular complexity index is 609. The molecule has 2 aromatic rings. The average molecular weight is 283 g/mol. The summed E-state index contributed by atoms with van der Waals surface area (Å²) in [6.45, 7) is 1.78. The molecule has 2 nitrogen and oxygen atoms in total. The second kappa shape index (κ2) is 5.05. The highest BCUT2D eigenvalue weighted by atomic mass is 35.5. The molecule has 0 saturated carbocycles. The third-order valence-corrected chi connectivity index (χ3v) is 3.20. The summed E-state index contributed by atoms with van der Waals surface area (Å²) in [4.78, 5) is 1.64. The molecule has 0 aliphatic rings. The van der Waals surface area contributed by atoms with Gasteiger partial charge in [-0.3, -0.25) is 0 Å². The van der Waals surface area contributed by atoms with E-state index >= 15 is 0 Å². The van der Waals surface area contributed by atoms with E-state index < -0.39 is 11.6 Å². The Morgan fingerprint density at radius 2 is 1.68 bits per heavy atom. The Labute approximate surface area is 115 Å². The molecule has 0 spiro atoms. The molecule has 0 aromatic heterocycles. The van der Waals surface area contributed by atoms with E-state index in [4.69, 9.17) is 17.3 Å². The molecular formula is C14H13ClF2N2. The first-order valence-corrected chi connectivity index (χ1v) is 6.01. The highest BCUT2D eigenvalue weighted by Crippen LogP contribution is 2.32. The number of hydrogen-bond acceptors (Lipinski definition) is 2. The summed E-state index contributed by atoms with van der Waals surface area (Å²) in [6.07, 6.45) is 0. The van der Waals surface area contributed by atoms with Gasteiger partial charge >= 0.3 is 0 Å². The molecule has 0 bridgehead atoms. The molecule has 0 saturated heterocycles. The maximum atomic E-state index is 13.4. The first-order valence-electron chi connectivity index (χ1n) is 5.64. The van der Waals surface area contributed by atoms with Gasteiger partial charge in [-0.25, -0.2) is 8.78 Å². The zero-order valence-electron chi connectivity index (χ0n) is 10.5. The molecule has 0 aliphatic heterocycles. The monoisotopic (exact) mass is 282 g/mol. The van der Waals surface area contributed by atoms with Crippen LogP contribution in [0.1, 0.15) is 5.56 Å². The predicted molar refractivity (Wildman–Crippen MR) is 75.0 cm³/mol. The first-order chi connectivity index (χ1) is 8.88. The van der Waals surface area contributed by atoms with Gasteiger partial charge in [0.1, 0.15) is 11.6 Å². The van der Waals surface area contributed by atoms with Crippen LogP contribution in [0.4, 0.5) is 25.8 Å². The van der Waals surface area contributed by atoms with E-state index in [1.165, 1.54) is 24.3 Å². The Morgan fingerprint density at radius 3 is 2.32 bits per heavy atom. The van der Waals surface area contributed by atoms with Crippen molar-refractivity contribution in [3.63, 3.8) is 0 Å². The Morgan fingerprint density at radius 1 is 1.05 bits per heavy atom. The van der Waals surface area contributed by atoms with E-state index in [-0.39, 0.29) is 5.02 Å². The molecule has 2 aromatic carbocycles. The normalized spacial score (nSPS) is 10.6. The van der Waals surface area contributed by atoms with Gasteiger partial charge < -0.3 is 10.6 Å². The third kappa shape index (κ3) is 2.79. The van der Waals surface area contributed by atoms with E-state index in [0.717, 1.165) is 5.56 Å². The van der Waals surface area contributed by atoms with Crippen LogP contribution in [0.15, 0.2) is 30.3 Å². The van der Waals surface area contributed by atoms with Crippen molar-refractivity contribution in [2.45, 2.75) is 6.92 Å². The summed E-state index contributed by atoms with van der Waals surface area (Å²) >= 11 is 5.82. The fourth-order valence-electron chi connectivity index (χ4n) is 1.91. The van der Waals surface area contributed by atoms with E-state index in [1.54, 1.807) is 24.9 Å². The number of hydrogen-bond donors (Lipinski definition) is 1. The number of nitrogens with zero attached hydrogens (tertiary/aromatic N) is 1. The molecule has 0 fully saturated rings. The molecular weight excluding hydrogens is 270 g/mol. The van der Waals surface area contributed by atoms with E-state index in [0.29, 0.717) is 17.1 Å². The summed E-state index contributed by atoms with van der Waals surface area (Å²) in [5, 5.41) is 0.281. The van der Waals surface area contributed by atoms with Gasteiger partial charge in [-0.2, -0.15) is 0 Å². The van der Waals surface area contributed by atoms with Crippen molar-refractivity contribution in [3.05, 3.63) is 52.6 Å². The SMILES string of the molecule is Cc1c(N)cc(F)cc1N(C)c1cc(F)cc(Cl)c1. The van der Waals surface area contributed by atoms with E-state index in [9.17, 15) is 8.78 Å². The van der Waals surface area contributed by atoms with Gasteiger partial charge in [0.2, 0.25) is 0 Å². The third-order valence-electron chi connectivity index (χ3n) is 2.98. The van der Waals surface area contributed by atoms with Gasteiger partial charge in [0.25, 0.3) is 0 Å². The number of rotatable bonds is 2. The van der Waals surface area contributed by atoms with Gasteiger partial charge in [-0.1, -0.05) is 11.6 Å². The molecule has 5 heteroatoms. The first kappa shape index (κ1) is 13.6. The maximum Gasteiger partial charge on any atom is 0.127 e. The molecule has 2 N–H and O–H groups in total. The Kier molecular flexibility index (Phi) is 3.62. The van der Waals surface area contributed by atoms with Crippen molar-refractivity contribution < 1.29 is 8.78 Å². The van der Waals surface area contributed by atoms with Crippen molar-refractivity contribution in [2.75, 3.05) is 17.7 Å². The van der Waals surface area contributed by atoms with Crippen LogP contribution in [0.5, 0.6) is 0 Å². The van der Waals surface area contributed by atoms with Crippen LogP contribution >= 0.6 is 11.6 Å². The molecule has 19 heavy (non-hydrogen) atoms. The predicted octanol–water partition coefficient (Wildman–Crippen LogP) is 4.28. The lowest BCUT2D eigenvalue weighted by Gasteiger charge is -2.23. The highest BCUT2D eigenvalue weighted by Gasteiger charge is 2.12. The van der Waals surface area contributed by atoms with Crippen LogP contribution in [-0.4, -0.2) is 7.05 Å². The summed E-state index contributed by atoms with van der Waals surface area (Å²) in [5.74, 6) is -0.885. The topological polar surface area (TPSA) is 29.3 Å². The van der Waals surface area contributed by atoms with Crippen molar-refractivity contribution in [1.29, 1.82) is 0 Å². The van der Waals surface area contributed by atoms with Crippen LogP contribution < -0.4 is 10.6 Å². The van der Waals surface area contributed by atoms with Gasteiger partial charge in [0.05, 0.1) is 0 Å². The largest absolute Gasteiger partial charge is 0.398 e. The number of anilines is 3. The van der Waals surface area contributed by atoms with Crippen LogP contribution in [0.2, 0.25) is 5.02 Å². The fraction of sp³-hybridized carbons (Fsp3) is 0.143. The zero-order chi connectivity index (χ0) is 14.2. The molecule has 0 amide bonds. The lowest BCUT2D eigenvalue weighted by molar-refractivity contribution is 0.627. The minimum Gasteiger partial charge on any atom is -0.398 e. The average Bonchev–Trinajstić information content (AvgIpc) is 2.31. The second-order valence-corrected chi connectivity index (χ2v) is 4.76. The summed E-state index contributed by atoms with van der Waals surface area (Å²) in [6, 6.07) is 6.75. The smallest absolute Gasteiger partial charge is 0.127 e. The van der Waals surface area contributed by atoms with Crippen LogP contribution in [0.3, 0.4) is 0 Å². The highest BCUT2D eigenvalue weighted by molar-refractivity contribution is 6.30. The van der Waals surface area contributed by atoms with E-state index in [2.05, 4.69) is 0 Å². The van der Waals surface area contributed by atoms with Gasteiger partial charge in [-0.05, 0) is 42.8 Å². The molecule has 0 unspecified atom stereocenters. The van der Waals surface area contributed by atoms with Gasteiger partial charge in [0, 0.05) is 29.1 Å². The lowest BCUT2D eigenvalue weighted by atomic mass is 10.1. The molecule has 2 rings (SSSR count). The van der Waals surface area contributed by atoms with Gasteiger partial charge in [0.15, 0.2) is 0 Å². The van der Waals surface area contributed by atoms with Crippen LogP contribution in [0, 0.1) is 18.6 Å². The van der Waals surface area contributed by atoms with Crippen LogP contribution in [0.25, 0.3) is 0 Å². The molecule has 0 aliphatic carbocycles. The number of nitrogen functional groups attached to an aromatic ring is 1. The molecule has 100 valence electrons. The molecule has 0 atom stereocenters. The maximum absolute atomic E-state index is 13.4. The van der Waals surface area contributed by atoms with Crippen molar-refractivity contribution in [2.24, 2.45) is 0 Å². The Hall–Kier alpha value is -1.81.